The van der Waals surface area contributed by atoms with Gasteiger partial charge in [-0.2, -0.15) is 0 Å². The Bertz CT molecular complexity index is 516. The molecule has 0 saturated carbocycles. The fraction of sp³-hybridized carbons (Fsp3) is 0.467. The van der Waals surface area contributed by atoms with Crippen LogP contribution < -0.4 is 5.73 Å². The van der Waals surface area contributed by atoms with Gasteiger partial charge in [-0.05, 0) is 17.5 Å². The number of hydrogen-bond acceptors (Lipinski definition) is 3. The minimum Gasteiger partial charge on any atom is -0.481 e. The van der Waals surface area contributed by atoms with E-state index in [0.29, 0.717) is 6.54 Å². The fourth-order valence-electron chi connectivity index (χ4n) is 2.51. The number of fused-ring (bicyclic) bond motifs is 1. The molecule has 1 aromatic rings. The molecule has 5 nitrogen and oxygen atoms in total. The first-order chi connectivity index (χ1) is 9.52. The predicted octanol–water partition coefficient (Wildman–Crippen LogP) is 1.32. The normalized spacial score (nSPS) is 19.3. The van der Waals surface area contributed by atoms with Crippen molar-refractivity contribution >= 4 is 11.9 Å². The quantitative estimate of drug-likeness (QED) is 0.869. The molecule has 1 heterocycles. The zero-order valence-electron chi connectivity index (χ0n) is 11.6. The molecule has 0 fully saturated rings. The van der Waals surface area contributed by atoms with Gasteiger partial charge < -0.3 is 15.7 Å². The Balaban J connectivity index is 2.20. The lowest BCUT2D eigenvalue weighted by Gasteiger charge is -2.33. The van der Waals surface area contributed by atoms with Gasteiger partial charge in [-0.15, -0.1) is 0 Å². The van der Waals surface area contributed by atoms with Gasteiger partial charge in [0.2, 0.25) is 5.91 Å². The van der Waals surface area contributed by atoms with Crippen molar-refractivity contribution in [2.24, 2.45) is 5.73 Å². The van der Waals surface area contributed by atoms with Gasteiger partial charge in [0.25, 0.3) is 0 Å². The van der Waals surface area contributed by atoms with Crippen molar-refractivity contribution in [1.29, 1.82) is 0 Å². The average Bonchev–Trinajstić information content (AvgIpc) is 2.45. The molecule has 0 aromatic heterocycles. The Hall–Kier alpha value is -1.88. The summed E-state index contributed by atoms with van der Waals surface area (Å²) in [6.45, 7) is 2.63. The van der Waals surface area contributed by atoms with E-state index in [2.05, 4.69) is 0 Å². The summed E-state index contributed by atoms with van der Waals surface area (Å²) in [5.74, 6) is -1.61. The third kappa shape index (κ3) is 2.99. The Labute approximate surface area is 118 Å². The number of carbonyl (C=O) groups excluding carboxylic acids is 1. The number of carboxylic acids is 1. The van der Waals surface area contributed by atoms with E-state index in [4.69, 9.17) is 5.73 Å². The maximum Gasteiger partial charge on any atom is 0.312 e. The standard InChI is InChI=1S/C15H20N2O3/c1-2-11(16)7-14(18)17-8-10-5-3-4-6-12(10)13(9-17)15(19)20/h3-6,11,13H,2,7-9,16H2,1H3,(H,19,20). The summed E-state index contributed by atoms with van der Waals surface area (Å²) >= 11 is 0. The number of carbonyl (C=O) groups is 2. The first-order valence-corrected chi connectivity index (χ1v) is 6.86. The molecule has 5 heteroatoms. The molecule has 0 saturated heterocycles. The first kappa shape index (κ1) is 14.5. The highest BCUT2D eigenvalue weighted by molar-refractivity contribution is 5.81. The summed E-state index contributed by atoms with van der Waals surface area (Å²) in [6, 6.07) is 7.24. The van der Waals surface area contributed by atoms with Crippen molar-refractivity contribution in [3.05, 3.63) is 35.4 Å². The summed E-state index contributed by atoms with van der Waals surface area (Å²) in [5, 5.41) is 9.35. The molecule has 3 N–H and O–H groups in total. The summed E-state index contributed by atoms with van der Waals surface area (Å²) in [5.41, 5.74) is 7.52. The minimum atomic E-state index is -0.894. The summed E-state index contributed by atoms with van der Waals surface area (Å²) in [4.78, 5) is 25.2. The second-order valence-electron chi connectivity index (χ2n) is 5.24. The number of carboxylic acid groups (broad SMARTS) is 1. The molecule has 1 amide bonds. The van der Waals surface area contributed by atoms with E-state index in [0.717, 1.165) is 17.5 Å². The van der Waals surface area contributed by atoms with Crippen LogP contribution >= 0.6 is 0 Å². The molecular formula is C15H20N2O3. The van der Waals surface area contributed by atoms with Crippen LogP contribution in [0.1, 0.15) is 36.8 Å². The van der Waals surface area contributed by atoms with Crippen molar-refractivity contribution in [3.63, 3.8) is 0 Å². The summed E-state index contributed by atoms with van der Waals surface area (Å²) in [6.07, 6.45) is 1.00. The third-order valence-electron chi connectivity index (χ3n) is 3.81. The Kier molecular flexibility index (Phi) is 4.39. The van der Waals surface area contributed by atoms with Crippen LogP contribution in [0.2, 0.25) is 0 Å². The van der Waals surface area contributed by atoms with Gasteiger partial charge in [-0.25, -0.2) is 0 Å². The highest BCUT2D eigenvalue weighted by Crippen LogP contribution is 2.28. The Morgan fingerprint density at radius 3 is 2.80 bits per heavy atom. The predicted molar refractivity (Wildman–Crippen MR) is 75.1 cm³/mol. The average molecular weight is 276 g/mol. The number of nitrogens with two attached hydrogens (primary N) is 1. The van der Waals surface area contributed by atoms with Crippen LogP contribution in [0.4, 0.5) is 0 Å². The minimum absolute atomic E-state index is 0.0693. The van der Waals surface area contributed by atoms with Crippen LogP contribution in [0.5, 0.6) is 0 Å². The van der Waals surface area contributed by atoms with E-state index in [-0.39, 0.29) is 24.9 Å². The van der Waals surface area contributed by atoms with E-state index >= 15 is 0 Å². The van der Waals surface area contributed by atoms with Crippen molar-refractivity contribution in [1.82, 2.24) is 4.90 Å². The lowest BCUT2D eigenvalue weighted by Crippen LogP contribution is -2.42. The van der Waals surface area contributed by atoms with Crippen molar-refractivity contribution in [2.75, 3.05) is 6.54 Å². The highest BCUT2D eigenvalue weighted by Gasteiger charge is 2.32. The van der Waals surface area contributed by atoms with Crippen molar-refractivity contribution in [2.45, 2.75) is 38.3 Å². The maximum atomic E-state index is 12.2. The molecular weight excluding hydrogens is 256 g/mol. The third-order valence-corrected chi connectivity index (χ3v) is 3.81. The Morgan fingerprint density at radius 2 is 2.15 bits per heavy atom. The summed E-state index contributed by atoms with van der Waals surface area (Å²) in [7, 11) is 0. The van der Waals surface area contributed by atoms with Crippen LogP contribution in [0.3, 0.4) is 0 Å². The molecule has 2 atom stereocenters. The van der Waals surface area contributed by atoms with Gasteiger partial charge in [-0.3, -0.25) is 9.59 Å². The zero-order valence-corrected chi connectivity index (χ0v) is 11.6. The Morgan fingerprint density at radius 1 is 1.45 bits per heavy atom. The van der Waals surface area contributed by atoms with Gasteiger partial charge in [-0.1, -0.05) is 31.2 Å². The molecule has 108 valence electrons. The second-order valence-corrected chi connectivity index (χ2v) is 5.24. The van der Waals surface area contributed by atoms with Gasteiger partial charge in [0.15, 0.2) is 0 Å². The lowest BCUT2D eigenvalue weighted by molar-refractivity contribution is -0.141. The maximum absolute atomic E-state index is 12.2. The molecule has 0 aliphatic carbocycles. The second kappa shape index (κ2) is 6.05. The number of amides is 1. The molecule has 2 unspecified atom stereocenters. The van der Waals surface area contributed by atoms with Crippen LogP contribution in [0.25, 0.3) is 0 Å². The van der Waals surface area contributed by atoms with Gasteiger partial charge in [0, 0.05) is 25.6 Å². The number of hydrogen-bond donors (Lipinski definition) is 2. The molecule has 0 spiro atoms. The molecule has 20 heavy (non-hydrogen) atoms. The van der Waals surface area contributed by atoms with Crippen molar-refractivity contribution < 1.29 is 14.7 Å². The van der Waals surface area contributed by atoms with E-state index in [1.807, 2.05) is 31.2 Å². The molecule has 1 aliphatic rings. The smallest absolute Gasteiger partial charge is 0.312 e. The van der Waals surface area contributed by atoms with E-state index in [1.54, 1.807) is 4.90 Å². The number of benzene rings is 1. The molecule has 0 bridgehead atoms. The van der Waals surface area contributed by atoms with Gasteiger partial charge in [0.05, 0.1) is 5.92 Å². The number of aliphatic carboxylic acids is 1. The summed E-state index contributed by atoms with van der Waals surface area (Å²) < 4.78 is 0. The lowest BCUT2D eigenvalue weighted by atomic mass is 9.89. The molecule has 0 radical (unpaired) electrons. The number of nitrogens with zero attached hydrogens (tertiary/aromatic N) is 1. The SMILES string of the molecule is CCC(N)CC(=O)N1Cc2ccccc2C(C(=O)O)C1. The van der Waals surface area contributed by atoms with Crippen LogP contribution in [-0.4, -0.2) is 34.5 Å². The molecule has 1 aromatic carbocycles. The van der Waals surface area contributed by atoms with Crippen LogP contribution in [0.15, 0.2) is 24.3 Å². The highest BCUT2D eigenvalue weighted by atomic mass is 16.4. The molecule has 1 aliphatic heterocycles. The fourth-order valence-corrected chi connectivity index (χ4v) is 2.51. The van der Waals surface area contributed by atoms with E-state index in [9.17, 15) is 14.7 Å². The van der Waals surface area contributed by atoms with Gasteiger partial charge in [0.1, 0.15) is 0 Å². The van der Waals surface area contributed by atoms with Gasteiger partial charge >= 0.3 is 5.97 Å². The molecule has 2 rings (SSSR count). The van der Waals surface area contributed by atoms with Crippen LogP contribution in [-0.2, 0) is 16.1 Å². The van der Waals surface area contributed by atoms with E-state index in [1.165, 1.54) is 0 Å². The van der Waals surface area contributed by atoms with Crippen molar-refractivity contribution in [3.8, 4) is 0 Å². The first-order valence-electron chi connectivity index (χ1n) is 6.86. The zero-order chi connectivity index (χ0) is 14.7. The van der Waals surface area contributed by atoms with E-state index < -0.39 is 11.9 Å². The van der Waals surface area contributed by atoms with Crippen LogP contribution in [0, 0.1) is 0 Å². The monoisotopic (exact) mass is 276 g/mol. The number of rotatable bonds is 4. The topological polar surface area (TPSA) is 83.6 Å². The largest absolute Gasteiger partial charge is 0.481 e.